The molecule has 0 amide bonds. The second kappa shape index (κ2) is 3.89. The Kier molecular flexibility index (Phi) is 2.71. The average Bonchev–Trinajstić information content (AvgIpc) is 2.75. The van der Waals surface area contributed by atoms with Crippen molar-refractivity contribution in [2.24, 2.45) is 22.1 Å². The number of hydrogen-bond donors (Lipinski definition) is 0. The first-order valence-electron chi connectivity index (χ1n) is 7.08. The van der Waals surface area contributed by atoms with E-state index in [1.807, 2.05) is 0 Å². The van der Waals surface area contributed by atoms with Crippen LogP contribution in [-0.2, 0) is 4.43 Å². The summed E-state index contributed by atoms with van der Waals surface area (Å²) in [6, 6.07) is 0.388. The third-order valence-corrected chi connectivity index (χ3v) is 5.61. The summed E-state index contributed by atoms with van der Waals surface area (Å²) < 4.78 is 6.69. The first-order valence-corrected chi connectivity index (χ1v) is 10.5. The fourth-order valence-corrected chi connectivity index (χ4v) is 5.74. The fraction of sp³-hybridized carbons (Fsp3) is 1.00. The van der Waals surface area contributed by atoms with Crippen LogP contribution in [0.1, 0.15) is 32.1 Å². The lowest BCUT2D eigenvalue weighted by molar-refractivity contribution is -0.0224. The summed E-state index contributed by atoms with van der Waals surface area (Å²) in [5, 5.41) is 8.85. The molecule has 0 aromatic rings. The normalized spacial score (nSPS) is 44.8. The van der Waals surface area contributed by atoms with Gasteiger partial charge in [-0.25, -0.2) is 0 Å². The zero-order valence-corrected chi connectivity index (χ0v) is 12.3. The third kappa shape index (κ3) is 1.89. The third-order valence-electron chi connectivity index (χ3n) is 4.61. The van der Waals surface area contributed by atoms with Gasteiger partial charge in [0.2, 0.25) is 0 Å². The Morgan fingerprint density at radius 1 is 1.24 bits per heavy atom. The van der Waals surface area contributed by atoms with E-state index in [0.29, 0.717) is 12.0 Å². The van der Waals surface area contributed by atoms with Crippen molar-refractivity contribution in [1.82, 2.24) is 0 Å². The standard InChI is InChI=1S/C13H24N2OSi/c1-17(2,3)16-13-7-5-4-6-11(13)8-10-9-14-15-12(10)13/h10-12H,4-9H2,1-3H3/t10-,11-,12+,13+/m1/s1. The molecule has 3 rings (SSSR count). The van der Waals surface area contributed by atoms with Crippen LogP contribution in [0.4, 0.5) is 0 Å². The van der Waals surface area contributed by atoms with Gasteiger partial charge in [-0.15, -0.1) is 0 Å². The predicted molar refractivity (Wildman–Crippen MR) is 70.7 cm³/mol. The maximum atomic E-state index is 6.69. The van der Waals surface area contributed by atoms with Crippen LogP contribution in [0.15, 0.2) is 10.2 Å². The second-order valence-corrected chi connectivity index (χ2v) is 11.4. The van der Waals surface area contributed by atoms with E-state index in [0.717, 1.165) is 12.5 Å². The first-order chi connectivity index (χ1) is 8.01. The number of nitrogens with zero attached hydrogens (tertiary/aromatic N) is 2. The Morgan fingerprint density at radius 2 is 2.06 bits per heavy atom. The fourth-order valence-electron chi connectivity index (χ4n) is 4.21. The number of fused-ring (bicyclic) bond motifs is 3. The van der Waals surface area contributed by atoms with Gasteiger partial charge < -0.3 is 4.43 Å². The quantitative estimate of drug-likeness (QED) is 0.691. The zero-order valence-electron chi connectivity index (χ0n) is 11.3. The van der Waals surface area contributed by atoms with Crippen LogP contribution in [0, 0.1) is 11.8 Å². The molecule has 0 saturated heterocycles. The SMILES string of the molecule is C[Si](C)(C)O[C@@]12CCCC[C@@H]1C[C@@H]1CN=N[C@@H]12. The largest absolute Gasteiger partial charge is 0.410 e. The van der Waals surface area contributed by atoms with Crippen molar-refractivity contribution in [3.05, 3.63) is 0 Å². The van der Waals surface area contributed by atoms with E-state index >= 15 is 0 Å². The topological polar surface area (TPSA) is 34.0 Å². The van der Waals surface area contributed by atoms with E-state index in [2.05, 4.69) is 29.9 Å². The number of rotatable bonds is 2. The molecular weight excluding hydrogens is 228 g/mol. The molecule has 0 spiro atoms. The molecule has 0 radical (unpaired) electrons. The second-order valence-electron chi connectivity index (χ2n) is 6.99. The van der Waals surface area contributed by atoms with E-state index in [4.69, 9.17) is 4.43 Å². The van der Waals surface area contributed by atoms with Crippen LogP contribution in [-0.4, -0.2) is 26.5 Å². The van der Waals surface area contributed by atoms with Gasteiger partial charge in [0.1, 0.15) is 6.04 Å². The molecule has 0 N–H and O–H groups in total. The van der Waals surface area contributed by atoms with Crippen molar-refractivity contribution in [1.29, 1.82) is 0 Å². The Bertz CT molecular complexity index is 339. The highest BCUT2D eigenvalue weighted by molar-refractivity contribution is 6.69. The molecule has 1 heterocycles. The number of hydrogen-bond acceptors (Lipinski definition) is 3. The molecule has 0 aromatic carbocycles. The molecule has 2 saturated carbocycles. The molecule has 4 atom stereocenters. The first kappa shape index (κ1) is 11.8. The van der Waals surface area contributed by atoms with Crippen molar-refractivity contribution >= 4 is 8.32 Å². The summed E-state index contributed by atoms with van der Waals surface area (Å²) >= 11 is 0. The van der Waals surface area contributed by atoms with Crippen molar-refractivity contribution < 1.29 is 4.43 Å². The van der Waals surface area contributed by atoms with Crippen LogP contribution in [0.3, 0.4) is 0 Å². The van der Waals surface area contributed by atoms with E-state index in [9.17, 15) is 0 Å². The lowest BCUT2D eigenvalue weighted by Crippen LogP contribution is -2.53. The van der Waals surface area contributed by atoms with Gasteiger partial charge in [-0.3, -0.25) is 0 Å². The van der Waals surface area contributed by atoms with Crippen molar-refractivity contribution in [2.75, 3.05) is 6.54 Å². The molecule has 0 aromatic heterocycles. The van der Waals surface area contributed by atoms with Crippen LogP contribution < -0.4 is 0 Å². The molecule has 4 heteroatoms. The Balaban J connectivity index is 1.92. The highest BCUT2D eigenvalue weighted by Crippen LogP contribution is 2.54. The van der Waals surface area contributed by atoms with Crippen LogP contribution >= 0.6 is 0 Å². The van der Waals surface area contributed by atoms with E-state index in [-0.39, 0.29) is 5.60 Å². The molecule has 17 heavy (non-hydrogen) atoms. The van der Waals surface area contributed by atoms with E-state index in [1.54, 1.807) is 0 Å². The Hall–Kier alpha value is -0.223. The van der Waals surface area contributed by atoms with Gasteiger partial charge in [0.05, 0.1) is 12.1 Å². The molecule has 0 unspecified atom stereocenters. The van der Waals surface area contributed by atoms with Crippen molar-refractivity contribution in [2.45, 2.75) is 63.4 Å². The molecule has 2 fully saturated rings. The Morgan fingerprint density at radius 3 is 2.82 bits per heavy atom. The van der Waals surface area contributed by atoms with Gasteiger partial charge in [0.15, 0.2) is 8.32 Å². The lowest BCUT2D eigenvalue weighted by atomic mass is 9.76. The maximum Gasteiger partial charge on any atom is 0.184 e. The maximum absolute atomic E-state index is 6.69. The molecular formula is C13H24N2OSi. The van der Waals surface area contributed by atoms with Gasteiger partial charge in [-0.1, -0.05) is 12.8 Å². The Labute approximate surface area is 105 Å². The molecule has 3 aliphatic rings. The smallest absolute Gasteiger partial charge is 0.184 e. The highest BCUT2D eigenvalue weighted by Gasteiger charge is 2.59. The summed E-state index contributed by atoms with van der Waals surface area (Å²) in [5.41, 5.74) is 0.0768. The van der Waals surface area contributed by atoms with Gasteiger partial charge in [0, 0.05) is 5.92 Å². The monoisotopic (exact) mass is 252 g/mol. The zero-order chi connectivity index (χ0) is 12.1. The molecule has 3 nitrogen and oxygen atoms in total. The van der Waals surface area contributed by atoms with Crippen LogP contribution in [0.25, 0.3) is 0 Å². The van der Waals surface area contributed by atoms with E-state index in [1.165, 1.54) is 32.1 Å². The van der Waals surface area contributed by atoms with E-state index < -0.39 is 8.32 Å². The van der Waals surface area contributed by atoms with Gasteiger partial charge >= 0.3 is 0 Å². The molecule has 1 aliphatic heterocycles. The van der Waals surface area contributed by atoms with Crippen LogP contribution in [0.5, 0.6) is 0 Å². The lowest BCUT2D eigenvalue weighted by Gasteiger charge is -2.45. The summed E-state index contributed by atoms with van der Waals surface area (Å²) in [6.45, 7) is 7.89. The van der Waals surface area contributed by atoms with Gasteiger partial charge in [0.25, 0.3) is 0 Å². The van der Waals surface area contributed by atoms with Crippen molar-refractivity contribution in [3.8, 4) is 0 Å². The molecule has 96 valence electrons. The minimum atomic E-state index is -1.50. The summed E-state index contributed by atoms with van der Waals surface area (Å²) in [5.74, 6) is 1.45. The number of azo groups is 1. The van der Waals surface area contributed by atoms with Gasteiger partial charge in [-0.05, 0) is 44.8 Å². The molecule has 0 bridgehead atoms. The van der Waals surface area contributed by atoms with Crippen molar-refractivity contribution in [3.63, 3.8) is 0 Å². The minimum Gasteiger partial charge on any atom is -0.410 e. The summed E-state index contributed by atoms with van der Waals surface area (Å²) in [4.78, 5) is 0. The summed E-state index contributed by atoms with van der Waals surface area (Å²) in [6.07, 6.45) is 6.59. The van der Waals surface area contributed by atoms with Crippen LogP contribution in [0.2, 0.25) is 19.6 Å². The molecule has 2 aliphatic carbocycles. The predicted octanol–water partition coefficient (Wildman–Crippen LogP) is 3.62. The van der Waals surface area contributed by atoms with Gasteiger partial charge in [-0.2, -0.15) is 10.2 Å². The average molecular weight is 252 g/mol. The summed E-state index contributed by atoms with van der Waals surface area (Å²) in [7, 11) is -1.50. The minimum absolute atomic E-state index is 0.0768. The highest BCUT2D eigenvalue weighted by atomic mass is 28.4.